The number of nitrogens with zero attached hydrogens (tertiary/aromatic N) is 1. The van der Waals surface area contributed by atoms with Gasteiger partial charge in [-0.2, -0.15) is 0 Å². The summed E-state index contributed by atoms with van der Waals surface area (Å²) in [6.07, 6.45) is 5.18. The van der Waals surface area contributed by atoms with Crippen molar-refractivity contribution < 1.29 is 14.3 Å². The summed E-state index contributed by atoms with van der Waals surface area (Å²) in [6, 6.07) is 8.68. The zero-order chi connectivity index (χ0) is 18.2. The average Bonchev–Trinajstić information content (AvgIpc) is 2.76. The van der Waals surface area contributed by atoms with E-state index in [1.54, 1.807) is 0 Å². The van der Waals surface area contributed by atoms with Gasteiger partial charge in [0, 0.05) is 6.04 Å². The molecule has 2 atom stereocenters. The Balaban J connectivity index is 1.74. The van der Waals surface area contributed by atoms with Gasteiger partial charge in [0.15, 0.2) is 0 Å². The van der Waals surface area contributed by atoms with Crippen LogP contribution in [0.3, 0.4) is 0 Å². The van der Waals surface area contributed by atoms with E-state index in [-0.39, 0.29) is 24.3 Å². The molecule has 2 aliphatic heterocycles. The van der Waals surface area contributed by atoms with Crippen LogP contribution in [0.4, 0.5) is 4.79 Å². The van der Waals surface area contributed by atoms with Gasteiger partial charge >= 0.3 is 6.09 Å². The lowest BCUT2D eigenvalue weighted by Gasteiger charge is -2.35. The molecule has 2 heterocycles. The number of carbonyl (C=O) groups excluding carboxylic acids is 1. The Labute approximate surface area is 150 Å². The second kappa shape index (κ2) is 6.74. The maximum absolute atomic E-state index is 12.5. The van der Waals surface area contributed by atoms with Gasteiger partial charge in [-0.15, -0.1) is 0 Å². The average molecular weight is 343 g/mol. The predicted octanol–water partition coefficient (Wildman–Crippen LogP) is 5.03. The van der Waals surface area contributed by atoms with E-state index >= 15 is 0 Å². The van der Waals surface area contributed by atoms with E-state index in [0.29, 0.717) is 0 Å². The highest BCUT2D eigenvalue weighted by molar-refractivity contribution is 5.75. The van der Waals surface area contributed by atoms with E-state index in [2.05, 4.69) is 18.2 Å². The van der Waals surface area contributed by atoms with E-state index < -0.39 is 5.60 Å². The van der Waals surface area contributed by atoms with Gasteiger partial charge in [-0.05, 0) is 77.2 Å². The van der Waals surface area contributed by atoms with Crippen molar-refractivity contribution in [3.8, 4) is 5.75 Å². The predicted molar refractivity (Wildman–Crippen MR) is 99.7 cm³/mol. The summed E-state index contributed by atoms with van der Waals surface area (Å²) in [5, 5.41) is 0. The van der Waals surface area contributed by atoms with Crippen molar-refractivity contribution in [2.45, 2.75) is 77.7 Å². The summed E-state index contributed by atoms with van der Waals surface area (Å²) in [6.45, 7) is 9.80. The molecular formula is C21H29NO3. The molecule has 0 N–H and O–H groups in total. The van der Waals surface area contributed by atoms with Crippen LogP contribution in [0.1, 0.15) is 59.4 Å². The molecular weight excluding hydrogens is 314 g/mol. The van der Waals surface area contributed by atoms with Gasteiger partial charge in [-0.3, -0.25) is 4.90 Å². The summed E-state index contributed by atoms with van der Waals surface area (Å²) in [5.74, 6) is 0.897. The van der Waals surface area contributed by atoms with Gasteiger partial charge in [-0.1, -0.05) is 18.2 Å². The molecule has 1 amide bonds. The Bertz CT molecular complexity index is 655. The molecule has 4 heteroatoms. The SMILES string of the molecule is CC(C)Oc1ccc(C2=CC3CCC(C2)N3C(=O)OC(C)(C)C)cc1. The molecule has 0 aromatic heterocycles. The fraction of sp³-hybridized carbons (Fsp3) is 0.571. The molecule has 3 rings (SSSR count). The van der Waals surface area contributed by atoms with Crippen molar-refractivity contribution in [1.29, 1.82) is 0 Å². The first-order valence-electron chi connectivity index (χ1n) is 9.22. The first-order valence-corrected chi connectivity index (χ1v) is 9.22. The van der Waals surface area contributed by atoms with Gasteiger partial charge in [0.05, 0.1) is 12.1 Å². The molecule has 2 aliphatic rings. The van der Waals surface area contributed by atoms with Crippen LogP contribution < -0.4 is 4.74 Å². The lowest BCUT2D eigenvalue weighted by molar-refractivity contribution is 0.0175. The third kappa shape index (κ3) is 4.17. The lowest BCUT2D eigenvalue weighted by atomic mass is 9.95. The van der Waals surface area contributed by atoms with Crippen molar-refractivity contribution in [3.63, 3.8) is 0 Å². The first-order chi connectivity index (χ1) is 11.7. The minimum atomic E-state index is -0.452. The van der Waals surface area contributed by atoms with E-state index in [1.165, 1.54) is 11.1 Å². The van der Waals surface area contributed by atoms with Crippen molar-refractivity contribution in [1.82, 2.24) is 4.90 Å². The topological polar surface area (TPSA) is 38.8 Å². The number of hydrogen-bond acceptors (Lipinski definition) is 3. The highest BCUT2D eigenvalue weighted by Crippen LogP contribution is 2.39. The zero-order valence-electron chi connectivity index (χ0n) is 15.9. The molecule has 1 aromatic rings. The van der Waals surface area contributed by atoms with Gasteiger partial charge in [-0.25, -0.2) is 4.79 Å². The monoisotopic (exact) mass is 343 g/mol. The van der Waals surface area contributed by atoms with E-state index in [9.17, 15) is 4.79 Å². The van der Waals surface area contributed by atoms with Crippen LogP contribution in [0, 0.1) is 0 Å². The van der Waals surface area contributed by atoms with Crippen molar-refractivity contribution in [2.75, 3.05) is 0 Å². The highest BCUT2D eigenvalue weighted by Gasteiger charge is 2.41. The van der Waals surface area contributed by atoms with Gasteiger partial charge in [0.25, 0.3) is 0 Å². The van der Waals surface area contributed by atoms with Gasteiger partial charge in [0.1, 0.15) is 11.4 Å². The first kappa shape index (κ1) is 17.8. The standard InChI is InChI=1S/C21H29NO3/c1-14(2)24-19-10-6-15(7-11-19)16-12-17-8-9-18(13-16)22(17)20(23)25-21(3,4)5/h6-7,10-12,14,17-18H,8-9,13H2,1-5H3. The second-order valence-corrected chi connectivity index (χ2v) is 8.27. The maximum atomic E-state index is 12.5. The molecule has 4 nitrogen and oxygen atoms in total. The van der Waals surface area contributed by atoms with Crippen molar-refractivity contribution in [3.05, 3.63) is 35.9 Å². The van der Waals surface area contributed by atoms with Crippen LogP contribution in [0.5, 0.6) is 5.75 Å². The van der Waals surface area contributed by atoms with Gasteiger partial charge in [0.2, 0.25) is 0 Å². The molecule has 0 radical (unpaired) electrons. The number of hydrogen-bond donors (Lipinski definition) is 0. The largest absolute Gasteiger partial charge is 0.491 e. The Morgan fingerprint density at radius 1 is 1.16 bits per heavy atom. The highest BCUT2D eigenvalue weighted by atomic mass is 16.6. The third-order valence-corrected chi connectivity index (χ3v) is 4.60. The normalized spacial score (nSPS) is 22.8. The quantitative estimate of drug-likeness (QED) is 0.773. The summed E-state index contributed by atoms with van der Waals surface area (Å²) in [4.78, 5) is 14.5. The van der Waals surface area contributed by atoms with Crippen molar-refractivity contribution >= 4 is 11.7 Å². The molecule has 136 valence electrons. The van der Waals surface area contributed by atoms with Crippen LogP contribution in [0.25, 0.3) is 5.57 Å². The van der Waals surface area contributed by atoms with Crippen LogP contribution in [0.15, 0.2) is 30.3 Å². The summed E-state index contributed by atoms with van der Waals surface area (Å²) in [7, 11) is 0. The minimum Gasteiger partial charge on any atom is -0.491 e. The Hall–Kier alpha value is -1.97. The number of fused-ring (bicyclic) bond motifs is 2. The van der Waals surface area contributed by atoms with Crippen LogP contribution in [-0.2, 0) is 4.74 Å². The second-order valence-electron chi connectivity index (χ2n) is 8.27. The number of benzene rings is 1. The number of amides is 1. The molecule has 1 saturated heterocycles. The maximum Gasteiger partial charge on any atom is 0.411 e. The lowest BCUT2D eigenvalue weighted by Crippen LogP contribution is -2.45. The molecule has 0 aliphatic carbocycles. The molecule has 1 fully saturated rings. The number of ether oxygens (including phenoxy) is 2. The van der Waals surface area contributed by atoms with E-state index in [1.807, 2.05) is 51.7 Å². The Morgan fingerprint density at radius 2 is 1.84 bits per heavy atom. The Kier molecular flexibility index (Phi) is 4.81. The fourth-order valence-corrected chi connectivity index (χ4v) is 3.66. The fourth-order valence-electron chi connectivity index (χ4n) is 3.66. The zero-order valence-corrected chi connectivity index (χ0v) is 15.9. The van der Waals surface area contributed by atoms with Crippen LogP contribution in [0.2, 0.25) is 0 Å². The summed E-state index contributed by atoms with van der Waals surface area (Å²) >= 11 is 0. The molecule has 2 bridgehead atoms. The van der Waals surface area contributed by atoms with E-state index in [0.717, 1.165) is 25.0 Å². The van der Waals surface area contributed by atoms with Crippen molar-refractivity contribution in [2.24, 2.45) is 0 Å². The number of rotatable bonds is 3. The minimum absolute atomic E-state index is 0.148. The summed E-state index contributed by atoms with van der Waals surface area (Å²) < 4.78 is 11.3. The molecule has 1 aromatic carbocycles. The smallest absolute Gasteiger partial charge is 0.411 e. The molecule has 2 unspecified atom stereocenters. The summed E-state index contributed by atoms with van der Waals surface area (Å²) in [5.41, 5.74) is 2.09. The molecule has 25 heavy (non-hydrogen) atoms. The molecule has 0 spiro atoms. The molecule has 0 saturated carbocycles. The van der Waals surface area contributed by atoms with Gasteiger partial charge < -0.3 is 9.47 Å². The van der Waals surface area contributed by atoms with Crippen LogP contribution in [-0.4, -0.2) is 34.8 Å². The van der Waals surface area contributed by atoms with Crippen LogP contribution >= 0.6 is 0 Å². The third-order valence-electron chi connectivity index (χ3n) is 4.60. The Morgan fingerprint density at radius 3 is 2.40 bits per heavy atom. The number of carbonyl (C=O) groups is 1. The van der Waals surface area contributed by atoms with E-state index in [4.69, 9.17) is 9.47 Å².